The van der Waals surface area contributed by atoms with Crippen LogP contribution >= 0.6 is 0 Å². The second-order valence-electron chi connectivity index (χ2n) is 3.95. The highest BCUT2D eigenvalue weighted by atomic mass is 16.4. The summed E-state index contributed by atoms with van der Waals surface area (Å²) in [6, 6.07) is 0. The molecular weight excluding hydrogens is 212 g/mol. The monoisotopic (exact) mass is 224 g/mol. The molecule has 0 radical (unpaired) electrons. The first-order chi connectivity index (χ1) is 7.61. The SMILES string of the molecule is Cn1cc(C2CN(N=O)CC2C(=O)O)cn1. The molecular formula is C9H12N4O3. The number of aliphatic carboxylic acids is 1. The molecule has 1 aliphatic rings. The van der Waals surface area contributed by atoms with Crippen molar-refractivity contribution in [3.8, 4) is 0 Å². The van der Waals surface area contributed by atoms with Crippen LogP contribution in [0.15, 0.2) is 17.7 Å². The van der Waals surface area contributed by atoms with Gasteiger partial charge in [-0.05, 0) is 5.56 Å². The molecule has 1 aromatic rings. The maximum absolute atomic E-state index is 11.1. The summed E-state index contributed by atoms with van der Waals surface area (Å²) in [6.45, 7) is 0.505. The fourth-order valence-electron chi connectivity index (χ4n) is 2.07. The molecule has 1 aliphatic heterocycles. The van der Waals surface area contributed by atoms with Crippen LogP contribution in [0.4, 0.5) is 0 Å². The van der Waals surface area contributed by atoms with Crippen LogP contribution in [0.25, 0.3) is 0 Å². The van der Waals surface area contributed by atoms with E-state index in [1.165, 1.54) is 5.01 Å². The van der Waals surface area contributed by atoms with Gasteiger partial charge in [-0.1, -0.05) is 0 Å². The Labute approximate surface area is 91.6 Å². The zero-order valence-corrected chi connectivity index (χ0v) is 8.78. The van der Waals surface area contributed by atoms with Crippen molar-refractivity contribution in [3.63, 3.8) is 0 Å². The van der Waals surface area contributed by atoms with E-state index in [0.717, 1.165) is 5.56 Å². The number of carbonyl (C=O) groups is 1. The number of hydrogen-bond acceptors (Lipinski definition) is 4. The number of aryl methyl sites for hydroxylation is 1. The van der Waals surface area contributed by atoms with E-state index in [4.69, 9.17) is 5.11 Å². The molecule has 0 bridgehead atoms. The zero-order chi connectivity index (χ0) is 11.7. The topological polar surface area (TPSA) is 87.8 Å². The van der Waals surface area contributed by atoms with Gasteiger partial charge < -0.3 is 5.11 Å². The molecule has 86 valence electrons. The van der Waals surface area contributed by atoms with Gasteiger partial charge in [-0.25, -0.2) is 0 Å². The highest BCUT2D eigenvalue weighted by Crippen LogP contribution is 2.32. The summed E-state index contributed by atoms with van der Waals surface area (Å²) < 4.78 is 1.62. The van der Waals surface area contributed by atoms with Crippen LogP contribution in [0.2, 0.25) is 0 Å². The van der Waals surface area contributed by atoms with Gasteiger partial charge in [0.25, 0.3) is 0 Å². The molecule has 1 N–H and O–H groups in total. The van der Waals surface area contributed by atoms with Crippen LogP contribution in [-0.2, 0) is 11.8 Å². The third-order valence-corrected chi connectivity index (χ3v) is 2.89. The molecule has 0 spiro atoms. The van der Waals surface area contributed by atoms with Crippen molar-refractivity contribution in [2.45, 2.75) is 5.92 Å². The van der Waals surface area contributed by atoms with Crippen LogP contribution in [0.5, 0.6) is 0 Å². The Morgan fingerprint density at radius 2 is 2.38 bits per heavy atom. The lowest BCUT2D eigenvalue weighted by atomic mass is 9.91. The van der Waals surface area contributed by atoms with Crippen molar-refractivity contribution in [1.82, 2.24) is 14.8 Å². The third kappa shape index (κ3) is 1.75. The Balaban J connectivity index is 2.24. The second kappa shape index (κ2) is 3.92. The molecule has 0 aliphatic carbocycles. The maximum Gasteiger partial charge on any atom is 0.309 e. The van der Waals surface area contributed by atoms with Crippen LogP contribution in [0, 0.1) is 10.8 Å². The maximum atomic E-state index is 11.1. The van der Waals surface area contributed by atoms with Gasteiger partial charge in [-0.2, -0.15) is 5.10 Å². The van der Waals surface area contributed by atoms with Gasteiger partial charge in [-0.3, -0.25) is 14.5 Å². The van der Waals surface area contributed by atoms with Crippen molar-refractivity contribution in [1.29, 1.82) is 0 Å². The average molecular weight is 224 g/mol. The minimum Gasteiger partial charge on any atom is -0.481 e. The molecule has 7 heteroatoms. The third-order valence-electron chi connectivity index (χ3n) is 2.89. The number of nitroso groups, excluding NO2 is 1. The Morgan fingerprint density at radius 3 is 2.88 bits per heavy atom. The van der Waals surface area contributed by atoms with Gasteiger partial charge in [0.15, 0.2) is 0 Å². The number of carboxylic acid groups (broad SMARTS) is 1. The number of nitrogens with zero attached hydrogens (tertiary/aromatic N) is 4. The van der Waals surface area contributed by atoms with E-state index < -0.39 is 11.9 Å². The minimum atomic E-state index is -0.903. The van der Waals surface area contributed by atoms with Crippen LogP contribution in [0.3, 0.4) is 0 Å². The molecule has 1 saturated heterocycles. The van der Waals surface area contributed by atoms with E-state index in [-0.39, 0.29) is 12.5 Å². The fourth-order valence-corrected chi connectivity index (χ4v) is 2.07. The predicted octanol–water partition coefficient (Wildman–Crippen LogP) is 0.201. The van der Waals surface area contributed by atoms with Crippen molar-refractivity contribution in [2.24, 2.45) is 18.3 Å². The average Bonchev–Trinajstić information content (AvgIpc) is 2.82. The summed E-state index contributed by atoms with van der Waals surface area (Å²) in [4.78, 5) is 21.5. The van der Waals surface area contributed by atoms with Crippen LogP contribution < -0.4 is 0 Å². The summed E-state index contributed by atoms with van der Waals surface area (Å²) in [7, 11) is 1.77. The van der Waals surface area contributed by atoms with E-state index >= 15 is 0 Å². The highest BCUT2D eigenvalue weighted by Gasteiger charge is 2.39. The zero-order valence-electron chi connectivity index (χ0n) is 8.78. The van der Waals surface area contributed by atoms with Gasteiger partial charge in [0.2, 0.25) is 0 Å². The first-order valence-corrected chi connectivity index (χ1v) is 4.91. The molecule has 0 saturated carbocycles. The summed E-state index contributed by atoms with van der Waals surface area (Å²) in [5.41, 5.74) is 0.834. The summed E-state index contributed by atoms with van der Waals surface area (Å²) in [6.07, 6.45) is 3.41. The molecule has 2 rings (SSSR count). The molecule has 1 aromatic heterocycles. The van der Waals surface area contributed by atoms with Crippen molar-refractivity contribution >= 4 is 5.97 Å². The summed E-state index contributed by atoms with van der Waals surface area (Å²) in [5, 5.41) is 17.1. The Morgan fingerprint density at radius 1 is 1.62 bits per heavy atom. The molecule has 2 atom stereocenters. The van der Waals surface area contributed by atoms with Crippen molar-refractivity contribution < 1.29 is 9.90 Å². The normalized spacial score (nSPS) is 24.7. The molecule has 2 heterocycles. The lowest BCUT2D eigenvalue weighted by molar-refractivity contribution is -0.141. The van der Waals surface area contributed by atoms with Crippen LogP contribution in [0.1, 0.15) is 11.5 Å². The van der Waals surface area contributed by atoms with Crippen molar-refractivity contribution in [2.75, 3.05) is 13.1 Å². The Hall–Kier alpha value is -1.92. The number of carboxylic acids is 1. The summed E-state index contributed by atoms with van der Waals surface area (Å²) >= 11 is 0. The number of hydrogen-bond donors (Lipinski definition) is 1. The molecule has 16 heavy (non-hydrogen) atoms. The molecule has 7 nitrogen and oxygen atoms in total. The number of rotatable bonds is 3. The quantitative estimate of drug-likeness (QED) is 0.741. The molecule has 1 fully saturated rings. The minimum absolute atomic E-state index is 0.165. The Bertz CT molecular complexity index is 417. The lowest BCUT2D eigenvalue weighted by Crippen LogP contribution is -2.21. The van der Waals surface area contributed by atoms with Gasteiger partial charge >= 0.3 is 5.97 Å². The highest BCUT2D eigenvalue weighted by molar-refractivity contribution is 5.72. The molecule has 0 amide bonds. The summed E-state index contributed by atoms with van der Waals surface area (Å²) in [5.74, 6) is -1.72. The smallest absolute Gasteiger partial charge is 0.309 e. The van der Waals surface area contributed by atoms with E-state index in [2.05, 4.69) is 10.4 Å². The first kappa shape index (κ1) is 10.6. The predicted molar refractivity (Wildman–Crippen MR) is 54.4 cm³/mol. The van der Waals surface area contributed by atoms with Gasteiger partial charge in [0.1, 0.15) is 0 Å². The largest absolute Gasteiger partial charge is 0.481 e. The van der Waals surface area contributed by atoms with Crippen molar-refractivity contribution in [3.05, 3.63) is 22.9 Å². The van der Waals surface area contributed by atoms with E-state index in [1.54, 1.807) is 24.1 Å². The Kier molecular flexibility index (Phi) is 2.59. The molecule has 2 unspecified atom stereocenters. The standard InChI is InChI=1S/C9H12N4O3/c1-12-3-6(2-10-12)7-4-13(11-16)5-8(7)9(14)15/h2-3,7-8H,4-5H2,1H3,(H,14,15). The van der Waals surface area contributed by atoms with Gasteiger partial charge in [-0.15, -0.1) is 4.91 Å². The lowest BCUT2D eigenvalue weighted by Gasteiger charge is -2.10. The van der Waals surface area contributed by atoms with E-state index in [1.807, 2.05) is 0 Å². The first-order valence-electron chi connectivity index (χ1n) is 4.91. The van der Waals surface area contributed by atoms with Gasteiger partial charge in [0.05, 0.1) is 23.9 Å². The van der Waals surface area contributed by atoms with E-state index in [9.17, 15) is 9.70 Å². The molecule has 0 aromatic carbocycles. The van der Waals surface area contributed by atoms with E-state index in [0.29, 0.717) is 6.54 Å². The van der Waals surface area contributed by atoms with Gasteiger partial charge in [0, 0.05) is 25.7 Å². The second-order valence-corrected chi connectivity index (χ2v) is 3.95. The fraction of sp³-hybridized carbons (Fsp3) is 0.556. The number of aromatic nitrogens is 2. The van der Waals surface area contributed by atoms with Crippen LogP contribution in [-0.4, -0.2) is 39.0 Å².